The maximum atomic E-state index is 12.6. The minimum atomic E-state index is -5.82. The van der Waals surface area contributed by atoms with Crippen LogP contribution in [0.3, 0.4) is 0 Å². The first-order chi connectivity index (χ1) is 6.77. The molecule has 1 fully saturated rings. The van der Waals surface area contributed by atoms with Crippen LogP contribution in [0.15, 0.2) is 0 Å². The quantitative estimate of drug-likeness (QED) is 0.672. The van der Waals surface area contributed by atoms with Crippen LogP contribution in [0.2, 0.25) is 0 Å². The van der Waals surface area contributed by atoms with E-state index in [0.717, 1.165) is 0 Å². The van der Waals surface area contributed by atoms with Crippen molar-refractivity contribution in [1.29, 1.82) is 0 Å². The molecule has 1 N–H and O–H groups in total. The fourth-order valence-electron chi connectivity index (χ4n) is 1.19. The van der Waals surface area contributed by atoms with Gasteiger partial charge in [-0.15, -0.1) is 0 Å². The first kappa shape index (κ1) is 12.2. The number of nitrogens with one attached hydrogen (secondary N) is 1. The Morgan fingerprint density at radius 2 is 1.53 bits per heavy atom. The number of nitrogens with zero attached hydrogens (tertiary/aromatic N) is 1. The molecule has 0 aromatic carbocycles. The molecule has 0 spiro atoms. The molecule has 0 atom stereocenters. The van der Waals surface area contributed by atoms with Gasteiger partial charge in [-0.25, -0.2) is 0 Å². The molecule has 88 valence electrons. The summed E-state index contributed by atoms with van der Waals surface area (Å²) >= 11 is 0. The molecule has 0 unspecified atom stereocenters. The zero-order chi connectivity index (χ0) is 11.7. The van der Waals surface area contributed by atoms with Crippen molar-refractivity contribution in [2.75, 3.05) is 26.2 Å². The Morgan fingerprint density at radius 3 is 1.93 bits per heavy atom. The Labute approximate surface area is 82.2 Å². The van der Waals surface area contributed by atoms with Gasteiger partial charge in [0.1, 0.15) is 0 Å². The van der Waals surface area contributed by atoms with E-state index in [0.29, 0.717) is 4.90 Å². The van der Waals surface area contributed by atoms with Crippen LogP contribution >= 0.6 is 0 Å². The van der Waals surface area contributed by atoms with Gasteiger partial charge in [-0.05, 0) is 0 Å². The molecular formula is C7H9F5N2O. The molecule has 1 saturated heterocycles. The van der Waals surface area contributed by atoms with Gasteiger partial charge >= 0.3 is 18.0 Å². The molecule has 0 radical (unpaired) electrons. The zero-order valence-corrected chi connectivity index (χ0v) is 7.57. The highest BCUT2D eigenvalue weighted by Gasteiger charge is 2.64. The van der Waals surface area contributed by atoms with Crippen molar-refractivity contribution in [3.63, 3.8) is 0 Å². The normalized spacial score (nSPS) is 19.1. The topological polar surface area (TPSA) is 32.3 Å². The van der Waals surface area contributed by atoms with E-state index in [2.05, 4.69) is 5.32 Å². The van der Waals surface area contributed by atoms with Crippen LogP contribution in [-0.2, 0) is 4.79 Å². The minimum absolute atomic E-state index is 0.134. The van der Waals surface area contributed by atoms with Crippen molar-refractivity contribution < 1.29 is 26.7 Å². The highest BCUT2D eigenvalue weighted by Crippen LogP contribution is 2.36. The third-order valence-electron chi connectivity index (χ3n) is 2.03. The van der Waals surface area contributed by atoms with E-state index in [-0.39, 0.29) is 26.2 Å². The molecule has 0 aliphatic carbocycles. The van der Waals surface area contributed by atoms with Crippen LogP contribution in [0.5, 0.6) is 0 Å². The highest BCUT2D eigenvalue weighted by molar-refractivity contribution is 5.84. The molecule has 1 aliphatic rings. The third kappa shape index (κ3) is 2.36. The fraction of sp³-hybridized carbons (Fsp3) is 0.857. The Bertz CT molecular complexity index is 246. The summed E-state index contributed by atoms with van der Waals surface area (Å²) in [6.45, 7) is 0.175. The van der Waals surface area contributed by atoms with Crippen LogP contribution in [0.1, 0.15) is 0 Å². The van der Waals surface area contributed by atoms with E-state index in [1.807, 2.05) is 0 Å². The first-order valence-corrected chi connectivity index (χ1v) is 4.21. The van der Waals surface area contributed by atoms with Gasteiger partial charge < -0.3 is 10.2 Å². The Kier molecular flexibility index (Phi) is 3.17. The van der Waals surface area contributed by atoms with Gasteiger partial charge in [0.2, 0.25) is 0 Å². The van der Waals surface area contributed by atoms with Crippen molar-refractivity contribution in [3.8, 4) is 0 Å². The molecule has 0 bridgehead atoms. The Balaban J connectivity index is 2.74. The van der Waals surface area contributed by atoms with Crippen LogP contribution in [0.4, 0.5) is 22.0 Å². The first-order valence-electron chi connectivity index (χ1n) is 4.21. The molecule has 1 heterocycles. The summed E-state index contributed by atoms with van der Waals surface area (Å²) in [6.07, 6.45) is -5.82. The van der Waals surface area contributed by atoms with E-state index in [9.17, 15) is 26.7 Å². The lowest BCUT2D eigenvalue weighted by Crippen LogP contribution is -2.56. The average Bonchev–Trinajstić information content (AvgIpc) is 2.16. The largest absolute Gasteiger partial charge is 0.463 e. The van der Waals surface area contributed by atoms with Crippen molar-refractivity contribution >= 4 is 5.91 Å². The predicted octanol–water partition coefficient (Wildman–Crippen LogP) is 0.616. The Hall–Kier alpha value is -0.920. The van der Waals surface area contributed by atoms with Crippen molar-refractivity contribution in [2.45, 2.75) is 12.1 Å². The third-order valence-corrected chi connectivity index (χ3v) is 2.03. The average molecular weight is 232 g/mol. The number of carbonyl (C=O) groups is 1. The van der Waals surface area contributed by atoms with Crippen molar-refractivity contribution in [2.24, 2.45) is 0 Å². The second kappa shape index (κ2) is 3.92. The maximum Gasteiger partial charge on any atom is 0.463 e. The monoisotopic (exact) mass is 232 g/mol. The van der Waals surface area contributed by atoms with Gasteiger partial charge in [0.15, 0.2) is 0 Å². The molecule has 0 aromatic rings. The van der Waals surface area contributed by atoms with E-state index in [1.54, 1.807) is 0 Å². The van der Waals surface area contributed by atoms with Crippen LogP contribution < -0.4 is 5.32 Å². The van der Waals surface area contributed by atoms with E-state index in [4.69, 9.17) is 0 Å². The van der Waals surface area contributed by atoms with Gasteiger partial charge in [-0.3, -0.25) is 4.79 Å². The number of carbonyl (C=O) groups excluding carboxylic acids is 1. The molecule has 15 heavy (non-hydrogen) atoms. The smallest absolute Gasteiger partial charge is 0.335 e. The SMILES string of the molecule is O=C(N1CCNCC1)C(F)(F)C(F)(F)F. The number of hydrogen-bond acceptors (Lipinski definition) is 2. The fourth-order valence-corrected chi connectivity index (χ4v) is 1.19. The second-order valence-electron chi connectivity index (χ2n) is 3.11. The van der Waals surface area contributed by atoms with E-state index in [1.165, 1.54) is 0 Å². The van der Waals surface area contributed by atoms with E-state index < -0.39 is 18.0 Å². The summed E-state index contributed by atoms with van der Waals surface area (Å²) in [6, 6.07) is 0. The number of amides is 1. The Morgan fingerprint density at radius 1 is 1.07 bits per heavy atom. The summed E-state index contributed by atoms with van der Waals surface area (Å²) in [5, 5.41) is 2.74. The zero-order valence-electron chi connectivity index (χ0n) is 7.57. The summed E-state index contributed by atoms with van der Waals surface area (Å²) in [5.74, 6) is -7.46. The number of piperazine rings is 1. The summed E-state index contributed by atoms with van der Waals surface area (Å²) < 4.78 is 60.6. The van der Waals surface area contributed by atoms with Crippen LogP contribution in [0, 0.1) is 0 Å². The summed E-state index contributed by atoms with van der Waals surface area (Å²) in [4.78, 5) is 11.4. The summed E-state index contributed by atoms with van der Waals surface area (Å²) in [7, 11) is 0. The maximum absolute atomic E-state index is 12.6. The van der Waals surface area contributed by atoms with Gasteiger partial charge in [-0.2, -0.15) is 22.0 Å². The van der Waals surface area contributed by atoms with Crippen LogP contribution in [0.25, 0.3) is 0 Å². The predicted molar refractivity (Wildman–Crippen MR) is 40.5 cm³/mol. The molecule has 0 aromatic heterocycles. The standard InChI is InChI=1S/C7H9F5N2O/c8-6(9,7(10,11)12)5(15)14-3-1-13-2-4-14/h13H,1-4H2. The second-order valence-corrected chi connectivity index (χ2v) is 3.11. The highest BCUT2D eigenvalue weighted by atomic mass is 19.4. The van der Waals surface area contributed by atoms with Gasteiger partial charge in [0.05, 0.1) is 0 Å². The number of halogens is 5. The van der Waals surface area contributed by atoms with E-state index >= 15 is 0 Å². The molecule has 1 amide bonds. The molecule has 8 heteroatoms. The van der Waals surface area contributed by atoms with Gasteiger partial charge in [0.25, 0.3) is 0 Å². The minimum Gasteiger partial charge on any atom is -0.335 e. The molecule has 1 aliphatic heterocycles. The number of rotatable bonds is 1. The summed E-state index contributed by atoms with van der Waals surface area (Å²) in [5.41, 5.74) is 0. The molecule has 0 saturated carbocycles. The number of hydrogen-bond donors (Lipinski definition) is 1. The molecule has 3 nitrogen and oxygen atoms in total. The molecule has 1 rings (SSSR count). The van der Waals surface area contributed by atoms with Gasteiger partial charge in [-0.1, -0.05) is 0 Å². The van der Waals surface area contributed by atoms with Gasteiger partial charge in [0, 0.05) is 26.2 Å². The molecular weight excluding hydrogens is 223 g/mol. The van der Waals surface area contributed by atoms with Crippen molar-refractivity contribution in [1.82, 2.24) is 10.2 Å². The lowest BCUT2D eigenvalue weighted by atomic mass is 10.2. The lowest BCUT2D eigenvalue weighted by Gasteiger charge is -2.31. The number of alkyl halides is 5. The lowest BCUT2D eigenvalue weighted by molar-refractivity contribution is -0.274. The van der Waals surface area contributed by atoms with Crippen molar-refractivity contribution in [3.05, 3.63) is 0 Å². The van der Waals surface area contributed by atoms with Crippen LogP contribution in [-0.4, -0.2) is 49.1 Å².